The number of carbonyl (C=O) groups is 1. The van der Waals surface area contributed by atoms with Gasteiger partial charge in [-0.3, -0.25) is 4.79 Å². The van der Waals surface area contributed by atoms with Crippen molar-refractivity contribution in [1.82, 2.24) is 5.16 Å². The van der Waals surface area contributed by atoms with Gasteiger partial charge < -0.3 is 19.3 Å². The van der Waals surface area contributed by atoms with E-state index in [1.165, 1.54) is 0 Å². The summed E-state index contributed by atoms with van der Waals surface area (Å²) in [6, 6.07) is 15.0. The summed E-state index contributed by atoms with van der Waals surface area (Å²) in [7, 11) is 0. The zero-order valence-corrected chi connectivity index (χ0v) is 17.0. The molecule has 1 N–H and O–H groups in total. The minimum atomic E-state index is -0.0954. The first-order valence-corrected chi connectivity index (χ1v) is 9.72. The maximum atomic E-state index is 12.4. The van der Waals surface area contributed by atoms with Gasteiger partial charge in [0.25, 0.3) is 0 Å². The maximum absolute atomic E-state index is 12.4. The average molecular weight is 394 g/mol. The molecule has 3 rings (SSSR count). The standard InChI is InChI=1S/C23H26N2O4/c1-4-13-27-22-8-6-5-7-21(22)24-23(26)14-18-9-11-19(12-10-18)28-15-20-16(2)25-29-17(20)3/h5-12H,4,13-15H2,1-3H3,(H,24,26). The van der Waals surface area contributed by atoms with E-state index in [-0.39, 0.29) is 12.3 Å². The molecule has 152 valence electrons. The van der Waals surface area contributed by atoms with E-state index >= 15 is 0 Å². The lowest BCUT2D eigenvalue weighted by Crippen LogP contribution is -2.15. The monoisotopic (exact) mass is 394 g/mol. The summed E-state index contributed by atoms with van der Waals surface area (Å²) in [6.07, 6.45) is 1.18. The fraction of sp³-hybridized carbons (Fsp3) is 0.304. The van der Waals surface area contributed by atoms with E-state index in [9.17, 15) is 4.79 Å². The van der Waals surface area contributed by atoms with Crippen molar-refractivity contribution in [3.63, 3.8) is 0 Å². The molecule has 0 aliphatic carbocycles. The minimum absolute atomic E-state index is 0.0954. The molecule has 6 heteroatoms. The third-order valence-electron chi connectivity index (χ3n) is 4.48. The molecule has 0 bridgehead atoms. The van der Waals surface area contributed by atoms with Gasteiger partial charge in [-0.05, 0) is 50.1 Å². The SMILES string of the molecule is CCCOc1ccccc1NC(=O)Cc1ccc(OCc2c(C)noc2C)cc1. The van der Waals surface area contributed by atoms with E-state index < -0.39 is 0 Å². The maximum Gasteiger partial charge on any atom is 0.228 e. The van der Waals surface area contributed by atoms with Gasteiger partial charge in [-0.1, -0.05) is 36.3 Å². The number of carbonyl (C=O) groups excluding carboxylic acids is 1. The van der Waals surface area contributed by atoms with Gasteiger partial charge in [0.05, 0.1) is 30.0 Å². The minimum Gasteiger partial charge on any atom is -0.491 e. The molecule has 1 aromatic heterocycles. The second-order valence-electron chi connectivity index (χ2n) is 6.80. The average Bonchev–Trinajstić information content (AvgIpc) is 3.04. The summed E-state index contributed by atoms with van der Waals surface area (Å²) in [5.41, 5.74) is 3.38. The molecule has 1 amide bonds. The molecule has 0 atom stereocenters. The molecule has 0 spiro atoms. The van der Waals surface area contributed by atoms with Crippen LogP contribution < -0.4 is 14.8 Å². The predicted molar refractivity (Wildman–Crippen MR) is 111 cm³/mol. The lowest BCUT2D eigenvalue weighted by atomic mass is 10.1. The normalized spacial score (nSPS) is 10.6. The Morgan fingerprint density at radius 2 is 1.83 bits per heavy atom. The highest BCUT2D eigenvalue weighted by Gasteiger charge is 2.11. The number of aryl methyl sites for hydroxylation is 2. The van der Waals surface area contributed by atoms with Crippen LogP contribution >= 0.6 is 0 Å². The van der Waals surface area contributed by atoms with E-state index in [1.807, 2.05) is 69.3 Å². The smallest absolute Gasteiger partial charge is 0.228 e. The van der Waals surface area contributed by atoms with Gasteiger partial charge in [-0.25, -0.2) is 0 Å². The third kappa shape index (κ3) is 5.60. The van der Waals surface area contributed by atoms with E-state index in [2.05, 4.69) is 10.5 Å². The van der Waals surface area contributed by atoms with E-state index in [1.54, 1.807) is 0 Å². The molecule has 0 aliphatic rings. The Labute approximate surface area is 170 Å². The van der Waals surface area contributed by atoms with E-state index in [0.717, 1.165) is 34.8 Å². The van der Waals surface area contributed by atoms with Crippen LogP contribution in [0.2, 0.25) is 0 Å². The molecular formula is C23H26N2O4. The van der Waals surface area contributed by atoms with Crippen molar-refractivity contribution in [2.24, 2.45) is 0 Å². The third-order valence-corrected chi connectivity index (χ3v) is 4.48. The van der Waals surface area contributed by atoms with Crippen LogP contribution in [0.15, 0.2) is 53.1 Å². The zero-order chi connectivity index (χ0) is 20.6. The van der Waals surface area contributed by atoms with Crippen LogP contribution in [0.5, 0.6) is 11.5 Å². The molecule has 6 nitrogen and oxygen atoms in total. The van der Waals surface area contributed by atoms with Crippen molar-refractivity contribution in [3.05, 3.63) is 71.1 Å². The number of ether oxygens (including phenoxy) is 2. The van der Waals surface area contributed by atoms with E-state index in [4.69, 9.17) is 14.0 Å². The highest BCUT2D eigenvalue weighted by molar-refractivity contribution is 5.93. The van der Waals surface area contributed by atoms with Crippen LogP contribution in [0.25, 0.3) is 0 Å². The first kappa shape index (κ1) is 20.5. The summed E-state index contributed by atoms with van der Waals surface area (Å²) in [5, 5.41) is 6.85. The molecular weight excluding hydrogens is 368 g/mol. The number of nitrogens with one attached hydrogen (secondary N) is 1. The van der Waals surface area contributed by atoms with Crippen LogP contribution in [0, 0.1) is 13.8 Å². The van der Waals surface area contributed by atoms with Gasteiger partial charge in [0.2, 0.25) is 5.91 Å². The van der Waals surface area contributed by atoms with E-state index in [0.29, 0.717) is 24.7 Å². The van der Waals surface area contributed by atoms with Crippen molar-refractivity contribution in [3.8, 4) is 11.5 Å². The summed E-state index contributed by atoms with van der Waals surface area (Å²) in [6.45, 7) is 6.81. The van der Waals surface area contributed by atoms with Gasteiger partial charge in [-0.2, -0.15) is 0 Å². The van der Waals surface area contributed by atoms with Crippen molar-refractivity contribution >= 4 is 11.6 Å². The lowest BCUT2D eigenvalue weighted by molar-refractivity contribution is -0.115. The predicted octanol–water partition coefficient (Wildman–Crippen LogP) is 4.84. The zero-order valence-electron chi connectivity index (χ0n) is 17.0. The largest absolute Gasteiger partial charge is 0.491 e. The Kier molecular flexibility index (Phi) is 6.89. The van der Waals surface area contributed by atoms with Crippen LogP contribution in [0.3, 0.4) is 0 Å². The second-order valence-corrected chi connectivity index (χ2v) is 6.80. The number of para-hydroxylation sites is 2. The van der Waals surface area contributed by atoms with Crippen LogP contribution in [0.4, 0.5) is 5.69 Å². The first-order chi connectivity index (χ1) is 14.1. The van der Waals surface area contributed by atoms with Gasteiger partial charge in [0.15, 0.2) is 0 Å². The van der Waals surface area contributed by atoms with Gasteiger partial charge in [-0.15, -0.1) is 0 Å². The Morgan fingerprint density at radius 1 is 1.07 bits per heavy atom. The first-order valence-electron chi connectivity index (χ1n) is 9.72. The molecule has 0 radical (unpaired) electrons. The highest BCUT2D eigenvalue weighted by atomic mass is 16.5. The topological polar surface area (TPSA) is 73.6 Å². The Bertz CT molecular complexity index is 928. The number of benzene rings is 2. The molecule has 0 aliphatic heterocycles. The summed E-state index contributed by atoms with van der Waals surface area (Å²) in [4.78, 5) is 12.4. The molecule has 0 saturated carbocycles. The molecule has 0 fully saturated rings. The quantitative estimate of drug-likeness (QED) is 0.562. The molecule has 0 unspecified atom stereocenters. The van der Waals surface area contributed by atoms with Crippen molar-refractivity contribution in [2.45, 2.75) is 40.2 Å². The van der Waals surface area contributed by atoms with Crippen LogP contribution in [-0.2, 0) is 17.8 Å². The van der Waals surface area contributed by atoms with Crippen LogP contribution in [-0.4, -0.2) is 17.7 Å². The Hall–Kier alpha value is -3.28. The van der Waals surface area contributed by atoms with Crippen molar-refractivity contribution in [1.29, 1.82) is 0 Å². The number of amides is 1. The Morgan fingerprint density at radius 3 is 2.52 bits per heavy atom. The lowest BCUT2D eigenvalue weighted by Gasteiger charge is -2.12. The van der Waals surface area contributed by atoms with Gasteiger partial charge >= 0.3 is 0 Å². The molecule has 1 heterocycles. The summed E-state index contributed by atoms with van der Waals surface area (Å²) < 4.78 is 16.6. The molecule has 3 aromatic rings. The number of anilines is 1. The van der Waals surface area contributed by atoms with Gasteiger partial charge in [0.1, 0.15) is 23.9 Å². The number of nitrogens with zero attached hydrogens (tertiary/aromatic N) is 1. The molecule has 29 heavy (non-hydrogen) atoms. The number of hydrogen-bond acceptors (Lipinski definition) is 5. The number of rotatable bonds is 9. The molecule has 0 saturated heterocycles. The summed E-state index contributed by atoms with van der Waals surface area (Å²) in [5.74, 6) is 2.08. The van der Waals surface area contributed by atoms with Crippen LogP contribution in [0.1, 0.15) is 35.9 Å². The van der Waals surface area contributed by atoms with Gasteiger partial charge in [0, 0.05) is 0 Å². The number of aromatic nitrogens is 1. The summed E-state index contributed by atoms with van der Waals surface area (Å²) >= 11 is 0. The fourth-order valence-electron chi connectivity index (χ4n) is 2.85. The highest BCUT2D eigenvalue weighted by Crippen LogP contribution is 2.24. The fourth-order valence-corrected chi connectivity index (χ4v) is 2.85. The molecule has 2 aromatic carbocycles. The Balaban J connectivity index is 1.55. The second kappa shape index (κ2) is 9.78. The van der Waals surface area contributed by atoms with Crippen molar-refractivity contribution in [2.75, 3.05) is 11.9 Å². The number of hydrogen-bond donors (Lipinski definition) is 1. The van der Waals surface area contributed by atoms with Crippen molar-refractivity contribution < 1.29 is 18.8 Å².